The highest BCUT2D eigenvalue weighted by Crippen LogP contribution is 2.21. The maximum absolute atomic E-state index is 12.4. The van der Waals surface area contributed by atoms with Crippen molar-refractivity contribution >= 4 is 11.9 Å². The summed E-state index contributed by atoms with van der Waals surface area (Å²) in [5.74, 6) is -0.718. The molecular weight excluding hydrogens is 298 g/mol. The van der Waals surface area contributed by atoms with Gasteiger partial charge in [0.2, 0.25) is 0 Å². The summed E-state index contributed by atoms with van der Waals surface area (Å²) < 4.78 is 5.10. The van der Waals surface area contributed by atoms with Crippen LogP contribution in [0.2, 0.25) is 0 Å². The van der Waals surface area contributed by atoms with E-state index in [4.69, 9.17) is 9.84 Å². The third-order valence-corrected chi connectivity index (χ3v) is 3.38. The van der Waals surface area contributed by atoms with Gasteiger partial charge in [-0.3, -0.25) is 14.7 Å². The first-order chi connectivity index (χ1) is 10.9. The molecule has 0 unspecified atom stereocenters. The van der Waals surface area contributed by atoms with Gasteiger partial charge < -0.3 is 14.7 Å². The lowest BCUT2D eigenvalue weighted by molar-refractivity contribution is -0.138. The monoisotopic (exact) mass is 317 g/mol. The van der Waals surface area contributed by atoms with Gasteiger partial charge in [0.25, 0.3) is 5.91 Å². The van der Waals surface area contributed by atoms with E-state index in [0.29, 0.717) is 5.69 Å². The number of carboxylic acids is 1. The molecule has 0 saturated carbocycles. The van der Waals surface area contributed by atoms with Crippen molar-refractivity contribution in [3.05, 3.63) is 36.0 Å². The quantitative estimate of drug-likeness (QED) is 0.850. The molecule has 1 aromatic heterocycles. The number of aromatic amines is 1. The van der Waals surface area contributed by atoms with Crippen molar-refractivity contribution in [3.63, 3.8) is 0 Å². The standard InChI is InChI=1S/C16H19N3O4/c1-10(2)19(9-15(20)21)16(22)14-8-13(17-18-14)11-4-6-12(23-3)7-5-11/h4-8,10H,9H2,1-3H3,(H,17,18)(H,20,21). The number of methoxy groups -OCH3 is 1. The van der Waals surface area contributed by atoms with E-state index in [1.807, 2.05) is 12.1 Å². The van der Waals surface area contributed by atoms with Crippen LogP contribution in [0.5, 0.6) is 5.75 Å². The minimum atomic E-state index is -1.05. The van der Waals surface area contributed by atoms with Crippen molar-refractivity contribution in [3.8, 4) is 17.0 Å². The van der Waals surface area contributed by atoms with Gasteiger partial charge in [-0.25, -0.2) is 0 Å². The molecule has 0 fully saturated rings. The fourth-order valence-electron chi connectivity index (χ4n) is 2.13. The molecule has 1 heterocycles. The molecule has 122 valence electrons. The second-order valence-corrected chi connectivity index (χ2v) is 5.32. The van der Waals surface area contributed by atoms with Crippen LogP contribution in [0.1, 0.15) is 24.3 Å². The van der Waals surface area contributed by atoms with E-state index in [0.717, 1.165) is 11.3 Å². The zero-order valence-electron chi connectivity index (χ0n) is 13.2. The first kappa shape index (κ1) is 16.5. The molecule has 0 aliphatic heterocycles. The molecule has 0 aliphatic rings. The highest BCUT2D eigenvalue weighted by atomic mass is 16.5. The van der Waals surface area contributed by atoms with E-state index < -0.39 is 11.9 Å². The van der Waals surface area contributed by atoms with Gasteiger partial charge in [0.15, 0.2) is 0 Å². The van der Waals surface area contributed by atoms with E-state index >= 15 is 0 Å². The highest BCUT2D eigenvalue weighted by Gasteiger charge is 2.23. The molecule has 0 aliphatic carbocycles. The lowest BCUT2D eigenvalue weighted by atomic mass is 10.1. The molecule has 0 spiro atoms. The third kappa shape index (κ3) is 3.88. The zero-order chi connectivity index (χ0) is 17.0. The fourth-order valence-corrected chi connectivity index (χ4v) is 2.13. The van der Waals surface area contributed by atoms with Crippen molar-refractivity contribution in [2.45, 2.75) is 19.9 Å². The van der Waals surface area contributed by atoms with Gasteiger partial charge >= 0.3 is 5.97 Å². The smallest absolute Gasteiger partial charge is 0.323 e. The van der Waals surface area contributed by atoms with Crippen LogP contribution >= 0.6 is 0 Å². The van der Waals surface area contributed by atoms with Crippen molar-refractivity contribution in [2.75, 3.05) is 13.7 Å². The Balaban J connectivity index is 2.22. The summed E-state index contributed by atoms with van der Waals surface area (Å²) in [4.78, 5) is 24.6. The molecule has 1 amide bonds. The van der Waals surface area contributed by atoms with Crippen molar-refractivity contribution in [1.29, 1.82) is 0 Å². The minimum Gasteiger partial charge on any atom is -0.497 e. The van der Waals surface area contributed by atoms with Crippen LogP contribution < -0.4 is 4.74 Å². The largest absolute Gasteiger partial charge is 0.497 e. The van der Waals surface area contributed by atoms with E-state index in [2.05, 4.69) is 10.2 Å². The number of hydrogen-bond acceptors (Lipinski definition) is 4. The fraction of sp³-hybridized carbons (Fsp3) is 0.312. The molecule has 0 atom stereocenters. The Bertz CT molecular complexity index is 692. The Kier molecular flexibility index (Phi) is 5.00. The van der Waals surface area contributed by atoms with Crippen LogP contribution in [0.4, 0.5) is 0 Å². The van der Waals surface area contributed by atoms with Crippen LogP contribution in [0.15, 0.2) is 30.3 Å². The Morgan fingerprint density at radius 1 is 1.30 bits per heavy atom. The Morgan fingerprint density at radius 3 is 2.48 bits per heavy atom. The summed E-state index contributed by atoms with van der Waals surface area (Å²) in [6.45, 7) is 3.18. The van der Waals surface area contributed by atoms with Gasteiger partial charge in [0.05, 0.1) is 12.8 Å². The van der Waals surface area contributed by atoms with Crippen molar-refractivity contribution < 1.29 is 19.4 Å². The number of amides is 1. The first-order valence-electron chi connectivity index (χ1n) is 7.15. The molecule has 1 aromatic carbocycles. The molecule has 2 rings (SSSR count). The molecule has 0 saturated heterocycles. The van der Waals surface area contributed by atoms with Gasteiger partial charge in [-0.1, -0.05) is 0 Å². The van der Waals surface area contributed by atoms with Gasteiger partial charge in [-0.2, -0.15) is 5.10 Å². The molecule has 0 radical (unpaired) electrons. The van der Waals surface area contributed by atoms with Crippen LogP contribution in [0.25, 0.3) is 11.3 Å². The summed E-state index contributed by atoms with van der Waals surface area (Å²) in [7, 11) is 1.59. The van der Waals surface area contributed by atoms with Crippen molar-refractivity contribution in [1.82, 2.24) is 15.1 Å². The number of nitrogens with one attached hydrogen (secondary N) is 1. The normalized spacial score (nSPS) is 10.6. The number of carbonyl (C=O) groups excluding carboxylic acids is 1. The molecule has 23 heavy (non-hydrogen) atoms. The molecule has 0 bridgehead atoms. The lowest BCUT2D eigenvalue weighted by Gasteiger charge is -2.23. The summed E-state index contributed by atoms with van der Waals surface area (Å²) in [5, 5.41) is 15.7. The second-order valence-electron chi connectivity index (χ2n) is 5.32. The molecule has 7 nitrogen and oxygen atoms in total. The van der Waals surface area contributed by atoms with Crippen LogP contribution in [-0.4, -0.2) is 51.8 Å². The summed E-state index contributed by atoms with van der Waals surface area (Å²) in [5.41, 5.74) is 1.69. The first-order valence-corrected chi connectivity index (χ1v) is 7.15. The van der Waals surface area contributed by atoms with Gasteiger partial charge in [-0.15, -0.1) is 0 Å². The summed E-state index contributed by atoms with van der Waals surface area (Å²) in [6, 6.07) is 8.65. The number of hydrogen-bond donors (Lipinski definition) is 2. The molecule has 2 N–H and O–H groups in total. The topological polar surface area (TPSA) is 95.5 Å². The summed E-state index contributed by atoms with van der Waals surface area (Å²) >= 11 is 0. The number of carbonyl (C=O) groups is 2. The highest BCUT2D eigenvalue weighted by molar-refractivity contribution is 5.95. The number of benzene rings is 1. The second kappa shape index (κ2) is 6.95. The van der Waals surface area contributed by atoms with Crippen LogP contribution in [0, 0.1) is 0 Å². The molecule has 2 aromatic rings. The van der Waals surface area contributed by atoms with E-state index in [-0.39, 0.29) is 18.3 Å². The number of H-pyrrole nitrogens is 1. The Morgan fingerprint density at radius 2 is 1.96 bits per heavy atom. The van der Waals surface area contributed by atoms with Gasteiger partial charge in [0.1, 0.15) is 18.0 Å². The SMILES string of the molecule is COc1ccc(-c2cc(C(=O)N(CC(=O)O)C(C)C)[nH]n2)cc1. The average Bonchev–Trinajstić information content (AvgIpc) is 3.01. The third-order valence-electron chi connectivity index (χ3n) is 3.38. The predicted molar refractivity (Wildman–Crippen MR) is 84.4 cm³/mol. The lowest BCUT2D eigenvalue weighted by Crippen LogP contribution is -2.40. The number of aliphatic carboxylic acids is 1. The van der Waals surface area contributed by atoms with Gasteiger partial charge in [-0.05, 0) is 44.2 Å². The van der Waals surface area contributed by atoms with Crippen molar-refractivity contribution in [2.24, 2.45) is 0 Å². The Labute approximate surface area is 133 Å². The Hall–Kier alpha value is -2.83. The van der Waals surface area contributed by atoms with Crippen LogP contribution in [-0.2, 0) is 4.79 Å². The summed E-state index contributed by atoms with van der Waals surface area (Å²) in [6.07, 6.45) is 0. The zero-order valence-corrected chi connectivity index (χ0v) is 13.2. The van der Waals surface area contributed by atoms with E-state index in [1.54, 1.807) is 39.2 Å². The number of carboxylic acid groups (broad SMARTS) is 1. The van der Waals surface area contributed by atoms with Crippen LogP contribution in [0.3, 0.4) is 0 Å². The number of rotatable bonds is 6. The number of ether oxygens (including phenoxy) is 1. The average molecular weight is 317 g/mol. The van der Waals surface area contributed by atoms with E-state index in [1.165, 1.54) is 4.90 Å². The van der Waals surface area contributed by atoms with E-state index in [9.17, 15) is 9.59 Å². The maximum atomic E-state index is 12.4. The molecular formula is C16H19N3O4. The predicted octanol–water partition coefficient (Wildman–Crippen LogP) is 2.02. The maximum Gasteiger partial charge on any atom is 0.323 e. The van der Waals surface area contributed by atoms with Gasteiger partial charge in [0, 0.05) is 11.6 Å². The number of nitrogens with zero attached hydrogens (tertiary/aromatic N) is 2. The number of aromatic nitrogens is 2. The molecule has 7 heteroatoms. The minimum absolute atomic E-state index is 0.230.